The minimum Gasteiger partial charge on any atom is -0.491 e. The van der Waals surface area contributed by atoms with Crippen LogP contribution in [0.1, 0.15) is 34.6 Å². The molecule has 0 aromatic heterocycles. The van der Waals surface area contributed by atoms with E-state index in [2.05, 4.69) is 33.0 Å². The Hall–Kier alpha value is -1.45. The first-order valence-corrected chi connectivity index (χ1v) is 7.32. The van der Waals surface area contributed by atoms with Crippen molar-refractivity contribution in [1.29, 1.82) is 0 Å². The van der Waals surface area contributed by atoms with E-state index in [9.17, 15) is 4.39 Å². The molecule has 20 heavy (non-hydrogen) atoms. The predicted octanol–water partition coefficient (Wildman–Crippen LogP) is 4.15. The SMILES string of the molecule is CCOc1cc(NCC(C(C)C)C(C)C)c(N)cc1F. The molecule has 1 aromatic rings. The fraction of sp³-hybridized carbons (Fsp3) is 0.625. The summed E-state index contributed by atoms with van der Waals surface area (Å²) in [6.07, 6.45) is 0. The lowest BCUT2D eigenvalue weighted by molar-refractivity contribution is 0.304. The maximum Gasteiger partial charge on any atom is 0.167 e. The minimum atomic E-state index is -0.417. The maximum absolute atomic E-state index is 13.6. The van der Waals surface area contributed by atoms with Crippen molar-refractivity contribution in [2.75, 3.05) is 24.2 Å². The fourth-order valence-electron chi connectivity index (χ4n) is 2.46. The van der Waals surface area contributed by atoms with E-state index in [0.717, 1.165) is 12.2 Å². The summed E-state index contributed by atoms with van der Waals surface area (Å²) in [4.78, 5) is 0. The second-order valence-corrected chi connectivity index (χ2v) is 5.84. The summed E-state index contributed by atoms with van der Waals surface area (Å²) in [6, 6.07) is 2.96. The van der Waals surface area contributed by atoms with Crippen molar-refractivity contribution >= 4 is 11.4 Å². The zero-order valence-electron chi connectivity index (χ0n) is 13.2. The van der Waals surface area contributed by atoms with Gasteiger partial charge in [0.2, 0.25) is 0 Å². The number of benzene rings is 1. The molecule has 0 saturated heterocycles. The Balaban J connectivity index is 2.83. The lowest BCUT2D eigenvalue weighted by Gasteiger charge is -2.26. The van der Waals surface area contributed by atoms with Crippen LogP contribution in [0.2, 0.25) is 0 Å². The van der Waals surface area contributed by atoms with Crippen LogP contribution in [0, 0.1) is 23.6 Å². The number of halogens is 1. The van der Waals surface area contributed by atoms with Crippen LogP contribution in [-0.2, 0) is 0 Å². The lowest BCUT2D eigenvalue weighted by Crippen LogP contribution is -2.24. The minimum absolute atomic E-state index is 0.245. The Morgan fingerprint density at radius 3 is 2.30 bits per heavy atom. The van der Waals surface area contributed by atoms with Gasteiger partial charge in [-0.1, -0.05) is 27.7 Å². The quantitative estimate of drug-likeness (QED) is 0.739. The highest BCUT2D eigenvalue weighted by Gasteiger charge is 2.18. The second-order valence-electron chi connectivity index (χ2n) is 5.84. The molecule has 1 aromatic carbocycles. The van der Waals surface area contributed by atoms with Gasteiger partial charge in [0.15, 0.2) is 11.6 Å². The van der Waals surface area contributed by atoms with Crippen LogP contribution < -0.4 is 15.8 Å². The van der Waals surface area contributed by atoms with Crippen LogP contribution in [0.4, 0.5) is 15.8 Å². The lowest BCUT2D eigenvalue weighted by atomic mass is 9.85. The third kappa shape index (κ3) is 4.29. The summed E-state index contributed by atoms with van der Waals surface area (Å²) in [5, 5.41) is 3.33. The summed E-state index contributed by atoms with van der Waals surface area (Å²) in [5.74, 6) is 1.52. The van der Waals surface area contributed by atoms with Gasteiger partial charge in [-0.05, 0) is 24.7 Å². The first kappa shape index (κ1) is 16.6. The van der Waals surface area contributed by atoms with Crippen molar-refractivity contribution in [2.45, 2.75) is 34.6 Å². The monoisotopic (exact) mass is 282 g/mol. The molecule has 0 heterocycles. The smallest absolute Gasteiger partial charge is 0.167 e. The average Bonchev–Trinajstić information content (AvgIpc) is 2.34. The largest absolute Gasteiger partial charge is 0.491 e. The summed E-state index contributed by atoms with van der Waals surface area (Å²) < 4.78 is 18.9. The molecule has 0 amide bonds. The predicted molar refractivity (Wildman–Crippen MR) is 83.6 cm³/mol. The molecule has 0 aliphatic carbocycles. The highest BCUT2D eigenvalue weighted by molar-refractivity contribution is 5.68. The first-order valence-electron chi connectivity index (χ1n) is 7.32. The third-order valence-corrected chi connectivity index (χ3v) is 3.64. The van der Waals surface area contributed by atoms with Crippen molar-refractivity contribution in [3.63, 3.8) is 0 Å². The van der Waals surface area contributed by atoms with Crippen LogP contribution in [-0.4, -0.2) is 13.2 Å². The molecule has 0 radical (unpaired) electrons. The van der Waals surface area contributed by atoms with Gasteiger partial charge in [-0.25, -0.2) is 4.39 Å². The molecule has 4 heteroatoms. The van der Waals surface area contributed by atoms with Gasteiger partial charge in [0, 0.05) is 18.7 Å². The van der Waals surface area contributed by atoms with Crippen molar-refractivity contribution in [2.24, 2.45) is 17.8 Å². The van der Waals surface area contributed by atoms with E-state index in [-0.39, 0.29) is 5.75 Å². The second kappa shape index (κ2) is 7.36. The summed E-state index contributed by atoms with van der Waals surface area (Å²) in [5.41, 5.74) is 7.02. The molecule has 0 aliphatic heterocycles. The molecule has 3 nitrogen and oxygen atoms in total. The number of anilines is 2. The van der Waals surface area contributed by atoms with Gasteiger partial charge in [-0.3, -0.25) is 0 Å². The van der Waals surface area contributed by atoms with Crippen molar-refractivity contribution < 1.29 is 9.13 Å². The molecule has 0 atom stereocenters. The fourth-order valence-corrected chi connectivity index (χ4v) is 2.46. The van der Waals surface area contributed by atoms with Gasteiger partial charge in [0.25, 0.3) is 0 Å². The van der Waals surface area contributed by atoms with E-state index in [4.69, 9.17) is 10.5 Å². The van der Waals surface area contributed by atoms with Gasteiger partial charge in [-0.2, -0.15) is 0 Å². The molecule has 0 bridgehead atoms. The van der Waals surface area contributed by atoms with Crippen molar-refractivity contribution in [3.8, 4) is 5.75 Å². The van der Waals surface area contributed by atoms with E-state index in [0.29, 0.717) is 30.0 Å². The number of hydrogen-bond acceptors (Lipinski definition) is 3. The molecule has 0 aliphatic rings. The molecular formula is C16H27FN2O. The van der Waals surface area contributed by atoms with Crippen LogP contribution in [0.15, 0.2) is 12.1 Å². The topological polar surface area (TPSA) is 47.3 Å². The van der Waals surface area contributed by atoms with Crippen molar-refractivity contribution in [3.05, 3.63) is 17.9 Å². The first-order chi connectivity index (χ1) is 9.36. The normalized spacial score (nSPS) is 11.4. The van der Waals surface area contributed by atoms with Crippen LogP contribution in [0.3, 0.4) is 0 Å². The Morgan fingerprint density at radius 2 is 1.80 bits per heavy atom. The molecule has 0 saturated carbocycles. The highest BCUT2D eigenvalue weighted by atomic mass is 19.1. The average molecular weight is 282 g/mol. The van der Waals surface area contributed by atoms with Crippen molar-refractivity contribution in [1.82, 2.24) is 0 Å². The molecular weight excluding hydrogens is 255 g/mol. The standard InChI is InChI=1S/C16H27FN2O/c1-6-20-16-8-15(14(18)7-13(16)17)19-9-12(10(2)3)11(4)5/h7-8,10-12,19H,6,9,18H2,1-5H3. The van der Waals surface area contributed by atoms with Crippen LogP contribution in [0.25, 0.3) is 0 Å². The van der Waals surface area contributed by atoms with E-state index in [1.807, 2.05) is 6.92 Å². The van der Waals surface area contributed by atoms with Gasteiger partial charge in [0.1, 0.15) is 0 Å². The number of nitrogens with two attached hydrogens (primary N) is 1. The van der Waals surface area contributed by atoms with Gasteiger partial charge >= 0.3 is 0 Å². The van der Waals surface area contributed by atoms with Crippen LogP contribution in [0.5, 0.6) is 5.75 Å². The van der Waals surface area contributed by atoms with Gasteiger partial charge in [-0.15, -0.1) is 0 Å². The molecule has 1 rings (SSSR count). The molecule has 114 valence electrons. The number of nitrogens with one attached hydrogen (secondary N) is 1. The molecule has 3 N–H and O–H groups in total. The summed E-state index contributed by atoms with van der Waals surface area (Å²) in [7, 11) is 0. The van der Waals surface area contributed by atoms with Gasteiger partial charge in [0.05, 0.1) is 18.0 Å². The van der Waals surface area contributed by atoms with Crippen LogP contribution >= 0.6 is 0 Å². The Kier molecular flexibility index (Phi) is 6.11. The van der Waals surface area contributed by atoms with E-state index >= 15 is 0 Å². The summed E-state index contributed by atoms with van der Waals surface area (Å²) >= 11 is 0. The Bertz CT molecular complexity index is 425. The van der Waals surface area contributed by atoms with E-state index in [1.165, 1.54) is 6.07 Å². The van der Waals surface area contributed by atoms with E-state index < -0.39 is 5.82 Å². The number of ether oxygens (including phenoxy) is 1. The zero-order valence-corrected chi connectivity index (χ0v) is 13.2. The van der Waals surface area contributed by atoms with Gasteiger partial charge < -0.3 is 15.8 Å². The summed E-state index contributed by atoms with van der Waals surface area (Å²) in [6.45, 7) is 11.9. The third-order valence-electron chi connectivity index (χ3n) is 3.64. The maximum atomic E-state index is 13.6. The number of hydrogen-bond donors (Lipinski definition) is 2. The Labute approximate surface area is 121 Å². The highest BCUT2D eigenvalue weighted by Crippen LogP contribution is 2.29. The number of nitrogen functional groups attached to an aromatic ring is 1. The molecule has 0 unspecified atom stereocenters. The Morgan fingerprint density at radius 1 is 1.20 bits per heavy atom. The molecule has 0 fully saturated rings. The molecule has 0 spiro atoms. The number of rotatable bonds is 7. The van der Waals surface area contributed by atoms with E-state index in [1.54, 1.807) is 6.07 Å². The zero-order chi connectivity index (χ0) is 15.3.